The van der Waals surface area contributed by atoms with Gasteiger partial charge in [-0.25, -0.2) is 4.79 Å². The number of alkyl carbamates (subject to hydrolysis) is 1. The number of ether oxygens (including phenoxy) is 1. The Kier molecular flexibility index (Phi) is 4.58. The number of aromatic nitrogens is 2. The molecule has 0 bridgehead atoms. The second kappa shape index (κ2) is 5.61. The highest BCUT2D eigenvalue weighted by Gasteiger charge is 2.29. The summed E-state index contributed by atoms with van der Waals surface area (Å²) in [7, 11) is 0. The number of halogens is 1. The van der Waals surface area contributed by atoms with Crippen LogP contribution in [0, 0.1) is 11.3 Å². The summed E-state index contributed by atoms with van der Waals surface area (Å²) in [5.41, 5.74) is -1.69. The third kappa shape index (κ3) is 5.30. The van der Waals surface area contributed by atoms with E-state index in [2.05, 4.69) is 32.4 Å². The fourth-order valence-corrected chi connectivity index (χ4v) is 1.71. The molecular weight excluding hydrogens is 312 g/mol. The number of rotatable bonds is 3. The molecule has 1 aromatic rings. The van der Waals surface area contributed by atoms with Crippen LogP contribution in [0.15, 0.2) is 16.9 Å². The van der Waals surface area contributed by atoms with Crippen molar-refractivity contribution in [3.05, 3.63) is 16.9 Å². The maximum absolute atomic E-state index is 11.7. The van der Waals surface area contributed by atoms with Crippen LogP contribution < -0.4 is 5.32 Å². The maximum Gasteiger partial charge on any atom is 0.408 e. The van der Waals surface area contributed by atoms with Gasteiger partial charge in [-0.3, -0.25) is 4.68 Å². The maximum atomic E-state index is 11.7. The lowest BCUT2D eigenvalue weighted by atomic mass is 10.1. The molecule has 1 rings (SSSR count). The van der Waals surface area contributed by atoms with Crippen molar-refractivity contribution in [2.45, 2.75) is 45.4 Å². The van der Waals surface area contributed by atoms with Crippen LogP contribution in [0.25, 0.3) is 0 Å². The highest BCUT2D eigenvalue weighted by atomic mass is 79.9. The van der Waals surface area contributed by atoms with E-state index in [9.17, 15) is 10.1 Å². The molecule has 1 N–H and O–H groups in total. The summed E-state index contributed by atoms with van der Waals surface area (Å²) in [5, 5.41) is 15.8. The molecule has 1 amide bonds. The summed E-state index contributed by atoms with van der Waals surface area (Å²) < 4.78 is 7.52. The number of carbonyl (C=O) groups excluding carboxylic acids is 1. The third-order valence-electron chi connectivity index (χ3n) is 2.10. The molecule has 6 nitrogen and oxygen atoms in total. The molecule has 104 valence electrons. The largest absolute Gasteiger partial charge is 0.444 e. The number of hydrogen-bond donors (Lipinski definition) is 1. The van der Waals surface area contributed by atoms with Gasteiger partial charge in [0.25, 0.3) is 0 Å². The molecule has 0 aliphatic carbocycles. The van der Waals surface area contributed by atoms with E-state index in [0.717, 1.165) is 4.47 Å². The first kappa shape index (κ1) is 15.5. The van der Waals surface area contributed by atoms with Crippen LogP contribution in [0.5, 0.6) is 0 Å². The topological polar surface area (TPSA) is 79.9 Å². The third-order valence-corrected chi connectivity index (χ3v) is 2.51. The predicted octanol–water partition coefficient (Wildman–Crippen LogP) is 2.45. The van der Waals surface area contributed by atoms with E-state index in [-0.39, 0.29) is 6.54 Å². The molecule has 19 heavy (non-hydrogen) atoms. The fraction of sp³-hybridized carbons (Fsp3) is 0.583. The van der Waals surface area contributed by atoms with Crippen LogP contribution in [-0.4, -0.2) is 27.0 Å². The predicted molar refractivity (Wildman–Crippen MR) is 73.3 cm³/mol. The van der Waals surface area contributed by atoms with E-state index in [1.807, 2.05) is 0 Å². The molecule has 1 atom stereocenters. The first-order valence-electron chi connectivity index (χ1n) is 5.74. The smallest absolute Gasteiger partial charge is 0.408 e. The summed E-state index contributed by atoms with van der Waals surface area (Å²) >= 11 is 3.27. The average molecular weight is 329 g/mol. The Bertz CT molecular complexity index is 501. The lowest BCUT2D eigenvalue weighted by molar-refractivity contribution is 0.0479. The zero-order valence-corrected chi connectivity index (χ0v) is 13.0. The van der Waals surface area contributed by atoms with Crippen LogP contribution in [0.1, 0.15) is 27.7 Å². The summed E-state index contributed by atoms with van der Waals surface area (Å²) in [6, 6.07) is 2.06. The Morgan fingerprint density at radius 1 is 1.58 bits per heavy atom. The normalized spacial score (nSPS) is 14.3. The molecule has 7 heteroatoms. The molecule has 1 unspecified atom stereocenters. The van der Waals surface area contributed by atoms with E-state index >= 15 is 0 Å². The van der Waals surface area contributed by atoms with Gasteiger partial charge >= 0.3 is 6.09 Å². The van der Waals surface area contributed by atoms with Gasteiger partial charge in [0, 0.05) is 6.20 Å². The van der Waals surface area contributed by atoms with Crippen molar-refractivity contribution in [1.82, 2.24) is 15.1 Å². The van der Waals surface area contributed by atoms with Crippen molar-refractivity contribution in [2.24, 2.45) is 0 Å². The van der Waals surface area contributed by atoms with Gasteiger partial charge in [-0.05, 0) is 43.6 Å². The number of nitrogens with one attached hydrogen (secondary N) is 1. The quantitative estimate of drug-likeness (QED) is 0.924. The van der Waals surface area contributed by atoms with Gasteiger partial charge in [0.05, 0.1) is 23.3 Å². The van der Waals surface area contributed by atoms with Crippen molar-refractivity contribution in [3.8, 4) is 6.07 Å². The molecule has 0 aliphatic heterocycles. The molecule has 0 aliphatic rings. The minimum Gasteiger partial charge on any atom is -0.444 e. The number of nitriles is 1. The van der Waals surface area contributed by atoms with Crippen molar-refractivity contribution >= 4 is 22.0 Å². The number of nitrogens with zero attached hydrogens (tertiary/aromatic N) is 3. The second-order valence-corrected chi connectivity index (χ2v) is 6.34. The second-order valence-electron chi connectivity index (χ2n) is 5.43. The van der Waals surface area contributed by atoms with Crippen LogP contribution in [0.2, 0.25) is 0 Å². The molecule has 1 aromatic heterocycles. The molecular formula is C12H17BrN4O2. The van der Waals surface area contributed by atoms with Gasteiger partial charge < -0.3 is 10.1 Å². The van der Waals surface area contributed by atoms with Crippen LogP contribution in [0.4, 0.5) is 4.79 Å². The van der Waals surface area contributed by atoms with Gasteiger partial charge in [-0.2, -0.15) is 10.4 Å². The Labute approximate surface area is 120 Å². The Hall–Kier alpha value is -1.55. The van der Waals surface area contributed by atoms with Gasteiger partial charge in [0.1, 0.15) is 11.1 Å². The number of hydrogen-bond acceptors (Lipinski definition) is 4. The molecule has 0 saturated carbocycles. The molecule has 0 saturated heterocycles. The van der Waals surface area contributed by atoms with Crippen molar-refractivity contribution in [3.63, 3.8) is 0 Å². The SMILES string of the molecule is CC(C#N)(Cn1cc(Br)cn1)NC(=O)OC(C)(C)C. The van der Waals surface area contributed by atoms with Crippen molar-refractivity contribution in [2.75, 3.05) is 0 Å². The highest BCUT2D eigenvalue weighted by Crippen LogP contribution is 2.13. The average Bonchev–Trinajstić information content (AvgIpc) is 2.60. The van der Waals surface area contributed by atoms with Crippen LogP contribution >= 0.6 is 15.9 Å². The van der Waals surface area contributed by atoms with E-state index in [1.54, 1.807) is 44.8 Å². The van der Waals surface area contributed by atoms with Crippen LogP contribution in [-0.2, 0) is 11.3 Å². The highest BCUT2D eigenvalue weighted by molar-refractivity contribution is 9.10. The lowest BCUT2D eigenvalue weighted by Gasteiger charge is -2.26. The number of amides is 1. The molecule has 0 radical (unpaired) electrons. The minimum atomic E-state index is -1.09. The van der Waals surface area contributed by atoms with E-state index < -0.39 is 17.2 Å². The Balaban J connectivity index is 2.71. The standard InChI is InChI=1S/C12H17BrN4O2/c1-11(2,3)19-10(18)16-12(4,7-14)8-17-6-9(13)5-15-17/h5-6H,8H2,1-4H3,(H,16,18). The fourth-order valence-electron chi connectivity index (χ4n) is 1.38. The lowest BCUT2D eigenvalue weighted by Crippen LogP contribution is -2.49. The van der Waals surface area contributed by atoms with Crippen molar-refractivity contribution in [1.29, 1.82) is 5.26 Å². The van der Waals surface area contributed by atoms with E-state index in [0.29, 0.717) is 0 Å². The zero-order chi connectivity index (χ0) is 14.7. The summed E-state index contributed by atoms with van der Waals surface area (Å²) in [6.07, 6.45) is 2.72. The molecule has 1 heterocycles. The van der Waals surface area contributed by atoms with Crippen LogP contribution in [0.3, 0.4) is 0 Å². The molecule has 0 fully saturated rings. The summed E-state index contributed by atoms with van der Waals surface area (Å²) in [6.45, 7) is 7.14. The molecule has 0 aromatic carbocycles. The first-order valence-corrected chi connectivity index (χ1v) is 6.53. The Morgan fingerprint density at radius 2 is 2.21 bits per heavy atom. The zero-order valence-electron chi connectivity index (χ0n) is 11.4. The minimum absolute atomic E-state index is 0.230. The monoisotopic (exact) mass is 328 g/mol. The van der Waals surface area contributed by atoms with E-state index in [1.165, 1.54) is 0 Å². The van der Waals surface area contributed by atoms with Gasteiger partial charge in [0.2, 0.25) is 0 Å². The van der Waals surface area contributed by atoms with E-state index in [4.69, 9.17) is 4.74 Å². The molecule has 0 spiro atoms. The van der Waals surface area contributed by atoms with Crippen molar-refractivity contribution < 1.29 is 9.53 Å². The first-order chi connectivity index (χ1) is 8.63. The Morgan fingerprint density at radius 3 is 2.63 bits per heavy atom. The van der Waals surface area contributed by atoms with Gasteiger partial charge in [-0.1, -0.05) is 0 Å². The van der Waals surface area contributed by atoms with Gasteiger partial charge in [-0.15, -0.1) is 0 Å². The summed E-state index contributed by atoms with van der Waals surface area (Å²) in [4.78, 5) is 11.7. The number of carbonyl (C=O) groups is 1. The van der Waals surface area contributed by atoms with Gasteiger partial charge in [0.15, 0.2) is 0 Å². The summed E-state index contributed by atoms with van der Waals surface area (Å²) in [5.74, 6) is 0.